The van der Waals surface area contributed by atoms with Gasteiger partial charge in [0, 0.05) is 23.4 Å². The van der Waals surface area contributed by atoms with Crippen molar-refractivity contribution in [3.05, 3.63) is 52.7 Å². The lowest BCUT2D eigenvalue weighted by Gasteiger charge is -2.09. The molecule has 8 nitrogen and oxygen atoms in total. The molecular weight excluding hydrogens is 388 g/mol. The minimum absolute atomic E-state index is 0.0694. The van der Waals surface area contributed by atoms with Crippen molar-refractivity contribution in [3.63, 3.8) is 0 Å². The van der Waals surface area contributed by atoms with Crippen LogP contribution in [0.3, 0.4) is 0 Å². The Kier molecular flexibility index (Phi) is 3.99. The molecule has 1 saturated heterocycles. The van der Waals surface area contributed by atoms with E-state index in [-0.39, 0.29) is 12.3 Å². The Morgan fingerprint density at radius 1 is 1.41 bits per heavy atom. The summed E-state index contributed by atoms with van der Waals surface area (Å²) in [4.78, 5) is 29.2. The average Bonchev–Trinajstić information content (AvgIpc) is 3.08. The van der Waals surface area contributed by atoms with Crippen LogP contribution in [-0.4, -0.2) is 32.5 Å². The van der Waals surface area contributed by atoms with E-state index in [0.717, 1.165) is 40.4 Å². The highest BCUT2D eigenvalue weighted by Gasteiger charge is 2.24. The smallest absolute Gasteiger partial charge is 0.258 e. The Labute approximate surface area is 170 Å². The van der Waals surface area contributed by atoms with Crippen molar-refractivity contribution in [1.82, 2.24) is 19.9 Å². The number of nitrogens with zero attached hydrogens (tertiary/aromatic N) is 3. The van der Waals surface area contributed by atoms with Gasteiger partial charge in [-0.1, -0.05) is 6.58 Å². The van der Waals surface area contributed by atoms with Gasteiger partial charge in [-0.05, 0) is 36.6 Å². The lowest BCUT2D eigenvalue weighted by Crippen LogP contribution is -2.10. The van der Waals surface area contributed by atoms with Gasteiger partial charge >= 0.3 is 0 Å². The SMILES string of the molecule is C=C1NC(=O)C/C1=C\c1cnn2c(NC3CC3)cc(-c3ccc(C(N)=O)s3)nc12. The Morgan fingerprint density at radius 3 is 2.90 bits per heavy atom. The molecule has 2 amide bonds. The van der Waals surface area contributed by atoms with E-state index in [2.05, 4.69) is 22.3 Å². The van der Waals surface area contributed by atoms with Crippen LogP contribution in [0.2, 0.25) is 0 Å². The standard InChI is InChI=1S/C20H18N6O2S/c1-10-11(7-18(27)23-10)6-12-9-22-26-17(24-13-2-3-13)8-14(25-20(12)26)15-4-5-16(29-15)19(21)28/h4-6,8-9,13,24H,1-3,7H2,(H2,21,28)(H,23,27)/b11-6+. The first-order valence-corrected chi connectivity index (χ1v) is 10.0. The fourth-order valence-corrected chi connectivity index (χ4v) is 4.07. The Hall–Kier alpha value is -3.46. The quantitative estimate of drug-likeness (QED) is 0.602. The maximum absolute atomic E-state index is 11.6. The number of allylic oxidation sites excluding steroid dienone is 1. The summed E-state index contributed by atoms with van der Waals surface area (Å²) < 4.78 is 1.77. The molecule has 3 aromatic rings. The van der Waals surface area contributed by atoms with Gasteiger partial charge in [-0.2, -0.15) is 9.61 Å². The molecule has 1 aliphatic carbocycles. The zero-order valence-electron chi connectivity index (χ0n) is 15.4. The third kappa shape index (κ3) is 3.29. The van der Waals surface area contributed by atoms with Crippen LogP contribution in [0.25, 0.3) is 22.3 Å². The first kappa shape index (κ1) is 17.6. The zero-order valence-corrected chi connectivity index (χ0v) is 16.3. The van der Waals surface area contributed by atoms with Crippen molar-refractivity contribution in [1.29, 1.82) is 0 Å². The maximum Gasteiger partial charge on any atom is 0.258 e. The topological polar surface area (TPSA) is 114 Å². The van der Waals surface area contributed by atoms with Gasteiger partial charge in [-0.25, -0.2) is 4.98 Å². The number of carbonyl (C=O) groups is 2. The van der Waals surface area contributed by atoms with E-state index in [1.54, 1.807) is 16.8 Å². The van der Waals surface area contributed by atoms with Gasteiger partial charge in [-0.3, -0.25) is 9.59 Å². The lowest BCUT2D eigenvalue weighted by molar-refractivity contribution is -0.118. The predicted molar refractivity (Wildman–Crippen MR) is 111 cm³/mol. The number of rotatable bonds is 5. The van der Waals surface area contributed by atoms with Gasteiger partial charge in [0.15, 0.2) is 5.65 Å². The summed E-state index contributed by atoms with van der Waals surface area (Å²) in [7, 11) is 0. The molecule has 3 aromatic heterocycles. The normalized spacial score (nSPS) is 17.9. The van der Waals surface area contributed by atoms with E-state index in [1.165, 1.54) is 11.3 Å². The number of hydrogen-bond acceptors (Lipinski definition) is 6. The number of aromatic nitrogens is 3. The second kappa shape index (κ2) is 6.56. The van der Waals surface area contributed by atoms with Crippen molar-refractivity contribution in [2.45, 2.75) is 25.3 Å². The van der Waals surface area contributed by atoms with E-state index >= 15 is 0 Å². The molecule has 0 spiro atoms. The van der Waals surface area contributed by atoms with Crippen LogP contribution in [0.5, 0.6) is 0 Å². The zero-order chi connectivity index (χ0) is 20.1. The average molecular weight is 406 g/mol. The fourth-order valence-electron chi connectivity index (χ4n) is 3.25. The number of amides is 2. The minimum atomic E-state index is -0.453. The van der Waals surface area contributed by atoms with Crippen LogP contribution < -0.4 is 16.4 Å². The van der Waals surface area contributed by atoms with Crippen LogP contribution in [-0.2, 0) is 4.79 Å². The van der Waals surface area contributed by atoms with Gasteiger partial charge in [0.25, 0.3) is 5.91 Å². The molecule has 0 radical (unpaired) electrons. The highest BCUT2D eigenvalue weighted by Crippen LogP contribution is 2.32. The summed E-state index contributed by atoms with van der Waals surface area (Å²) in [6, 6.07) is 5.92. The van der Waals surface area contributed by atoms with Gasteiger partial charge < -0.3 is 16.4 Å². The van der Waals surface area contributed by atoms with Crippen molar-refractivity contribution < 1.29 is 9.59 Å². The molecule has 4 heterocycles. The highest BCUT2D eigenvalue weighted by molar-refractivity contribution is 7.17. The van der Waals surface area contributed by atoms with Crippen molar-refractivity contribution in [2.75, 3.05) is 5.32 Å². The fraction of sp³-hybridized carbons (Fsp3) is 0.200. The number of nitrogens with one attached hydrogen (secondary N) is 2. The summed E-state index contributed by atoms with van der Waals surface area (Å²) in [5.41, 5.74) is 9.02. The van der Waals surface area contributed by atoms with E-state index in [0.29, 0.717) is 22.3 Å². The van der Waals surface area contributed by atoms with Crippen LogP contribution in [0.1, 0.15) is 34.5 Å². The molecule has 29 heavy (non-hydrogen) atoms. The monoisotopic (exact) mass is 406 g/mol. The predicted octanol–water partition coefficient (Wildman–Crippen LogP) is 2.55. The number of nitrogens with two attached hydrogens (primary N) is 1. The van der Waals surface area contributed by atoms with Gasteiger partial charge in [-0.15, -0.1) is 11.3 Å². The summed E-state index contributed by atoms with van der Waals surface area (Å²) in [6.07, 6.45) is 6.15. The number of carbonyl (C=O) groups excluding carboxylic acids is 2. The van der Waals surface area contributed by atoms with Crippen LogP contribution in [0.15, 0.2) is 42.2 Å². The summed E-state index contributed by atoms with van der Waals surface area (Å²) in [6.45, 7) is 3.89. The molecular formula is C20H18N6O2S. The molecule has 1 saturated carbocycles. The second-order valence-electron chi connectivity index (χ2n) is 7.18. The van der Waals surface area contributed by atoms with Crippen LogP contribution in [0.4, 0.5) is 5.82 Å². The highest BCUT2D eigenvalue weighted by atomic mass is 32.1. The Morgan fingerprint density at radius 2 is 2.24 bits per heavy atom. The molecule has 0 atom stereocenters. The van der Waals surface area contributed by atoms with Crippen molar-refractivity contribution in [2.24, 2.45) is 5.73 Å². The molecule has 0 bridgehead atoms. The first-order valence-electron chi connectivity index (χ1n) is 9.23. The van der Waals surface area contributed by atoms with E-state index < -0.39 is 5.91 Å². The molecule has 5 rings (SSSR count). The third-order valence-corrected chi connectivity index (χ3v) is 6.01. The summed E-state index contributed by atoms with van der Waals surface area (Å²) >= 11 is 1.31. The third-order valence-electron chi connectivity index (χ3n) is 4.89. The number of hydrogen-bond donors (Lipinski definition) is 3. The maximum atomic E-state index is 11.6. The van der Waals surface area contributed by atoms with E-state index in [9.17, 15) is 9.59 Å². The molecule has 0 unspecified atom stereocenters. The number of fused-ring (bicyclic) bond motifs is 1. The minimum Gasteiger partial charge on any atom is -0.367 e. The van der Waals surface area contributed by atoms with Gasteiger partial charge in [0.1, 0.15) is 5.82 Å². The van der Waals surface area contributed by atoms with E-state index in [4.69, 9.17) is 10.7 Å². The number of anilines is 1. The first-order chi connectivity index (χ1) is 14.0. The molecule has 9 heteroatoms. The second-order valence-corrected chi connectivity index (χ2v) is 8.27. The molecule has 2 fully saturated rings. The summed E-state index contributed by atoms with van der Waals surface area (Å²) in [5, 5.41) is 10.7. The Balaban J connectivity index is 1.64. The molecule has 1 aliphatic heterocycles. The summed E-state index contributed by atoms with van der Waals surface area (Å²) in [5.74, 6) is 0.316. The number of thiophene rings is 1. The van der Waals surface area contributed by atoms with Crippen molar-refractivity contribution >= 4 is 40.7 Å². The van der Waals surface area contributed by atoms with E-state index in [1.807, 2.05) is 18.2 Å². The van der Waals surface area contributed by atoms with Gasteiger partial charge in [0.05, 0.1) is 28.1 Å². The van der Waals surface area contributed by atoms with Crippen LogP contribution in [0, 0.1) is 0 Å². The number of primary amides is 1. The molecule has 4 N–H and O–H groups in total. The Bertz CT molecular complexity index is 1220. The molecule has 146 valence electrons. The van der Waals surface area contributed by atoms with Crippen molar-refractivity contribution in [3.8, 4) is 10.6 Å². The van der Waals surface area contributed by atoms with Crippen LogP contribution >= 0.6 is 11.3 Å². The van der Waals surface area contributed by atoms with Gasteiger partial charge in [0.2, 0.25) is 5.91 Å². The molecule has 2 aliphatic rings. The molecule has 0 aromatic carbocycles. The largest absolute Gasteiger partial charge is 0.367 e. The lowest BCUT2D eigenvalue weighted by atomic mass is 10.1.